The van der Waals surface area contributed by atoms with Gasteiger partial charge in [-0.25, -0.2) is 9.69 Å². The predicted molar refractivity (Wildman–Crippen MR) is 85.0 cm³/mol. The number of nitrogens with zero attached hydrogens (tertiary/aromatic N) is 4. The summed E-state index contributed by atoms with van der Waals surface area (Å²) >= 11 is 0. The standard InChI is InChI=1S/C17H18N4O2/c22-16-15-4-1-2-11-20(15)17(23)21(16)14-7-5-13(6-8-14)12-19-10-3-9-18-19/h3,5-10,15H,1-2,4,11-12H2/t15-/m1/s1. The number of urea groups is 1. The summed E-state index contributed by atoms with van der Waals surface area (Å²) in [5.74, 6) is -0.0884. The molecule has 2 saturated heterocycles. The number of fused-ring (bicyclic) bond motifs is 1. The van der Waals surface area contributed by atoms with Crippen LogP contribution in [0.2, 0.25) is 0 Å². The van der Waals surface area contributed by atoms with Gasteiger partial charge in [-0.1, -0.05) is 12.1 Å². The molecule has 3 heterocycles. The van der Waals surface area contributed by atoms with Crippen LogP contribution < -0.4 is 4.90 Å². The third kappa shape index (κ3) is 2.40. The number of imide groups is 1. The topological polar surface area (TPSA) is 58.4 Å². The molecule has 6 nitrogen and oxygen atoms in total. The lowest BCUT2D eigenvalue weighted by molar-refractivity contribution is -0.120. The normalized spacial score (nSPS) is 21.0. The van der Waals surface area contributed by atoms with Crippen LogP contribution in [-0.2, 0) is 11.3 Å². The van der Waals surface area contributed by atoms with Gasteiger partial charge in [-0.15, -0.1) is 0 Å². The highest BCUT2D eigenvalue weighted by Crippen LogP contribution is 2.30. The van der Waals surface area contributed by atoms with Gasteiger partial charge in [0.25, 0.3) is 5.91 Å². The summed E-state index contributed by atoms with van der Waals surface area (Å²) in [6.45, 7) is 1.35. The quantitative estimate of drug-likeness (QED) is 0.817. The van der Waals surface area contributed by atoms with Gasteiger partial charge in [0.1, 0.15) is 6.04 Å². The largest absolute Gasteiger partial charge is 0.332 e. The molecule has 2 aliphatic heterocycles. The molecule has 1 aromatic heterocycles. The van der Waals surface area contributed by atoms with E-state index in [-0.39, 0.29) is 18.0 Å². The number of hydrogen-bond acceptors (Lipinski definition) is 3. The van der Waals surface area contributed by atoms with Gasteiger partial charge >= 0.3 is 6.03 Å². The first-order valence-corrected chi connectivity index (χ1v) is 7.95. The molecule has 4 rings (SSSR count). The van der Waals surface area contributed by atoms with E-state index in [0.717, 1.165) is 24.8 Å². The molecule has 0 unspecified atom stereocenters. The van der Waals surface area contributed by atoms with Crippen molar-refractivity contribution in [3.63, 3.8) is 0 Å². The molecule has 2 fully saturated rings. The summed E-state index contributed by atoms with van der Waals surface area (Å²) in [5, 5.41) is 4.18. The molecule has 0 saturated carbocycles. The summed E-state index contributed by atoms with van der Waals surface area (Å²) in [6.07, 6.45) is 6.41. The van der Waals surface area contributed by atoms with Gasteiger partial charge in [0.2, 0.25) is 0 Å². The molecule has 0 aliphatic carbocycles. The minimum absolute atomic E-state index is 0.0884. The molecular weight excluding hydrogens is 292 g/mol. The summed E-state index contributed by atoms with van der Waals surface area (Å²) in [4.78, 5) is 28.1. The zero-order valence-corrected chi connectivity index (χ0v) is 12.8. The Balaban J connectivity index is 1.55. The van der Waals surface area contributed by atoms with E-state index in [1.807, 2.05) is 41.2 Å². The first-order chi connectivity index (χ1) is 11.2. The molecule has 6 heteroatoms. The second kappa shape index (κ2) is 5.53. The summed E-state index contributed by atoms with van der Waals surface area (Å²) in [6, 6.07) is 9.00. The third-order valence-electron chi connectivity index (χ3n) is 4.54. The van der Waals surface area contributed by atoms with Crippen molar-refractivity contribution in [3.05, 3.63) is 48.3 Å². The number of hydrogen-bond donors (Lipinski definition) is 0. The van der Waals surface area contributed by atoms with E-state index in [4.69, 9.17) is 0 Å². The number of amides is 3. The molecule has 0 bridgehead atoms. The molecule has 1 aromatic carbocycles. The van der Waals surface area contributed by atoms with Crippen LogP contribution in [-0.4, -0.2) is 39.2 Å². The third-order valence-corrected chi connectivity index (χ3v) is 4.54. The lowest BCUT2D eigenvalue weighted by Crippen LogP contribution is -2.39. The van der Waals surface area contributed by atoms with Crippen LogP contribution in [0.5, 0.6) is 0 Å². The fourth-order valence-electron chi connectivity index (χ4n) is 3.36. The molecule has 1 atom stereocenters. The van der Waals surface area contributed by atoms with Crippen LogP contribution in [0, 0.1) is 0 Å². The maximum absolute atomic E-state index is 12.5. The fraction of sp³-hybridized carbons (Fsp3) is 0.353. The maximum Gasteiger partial charge on any atom is 0.332 e. The Bertz CT molecular complexity index is 700. The monoisotopic (exact) mass is 310 g/mol. The van der Waals surface area contributed by atoms with Gasteiger partial charge in [0, 0.05) is 18.9 Å². The molecule has 2 aromatic rings. The van der Waals surface area contributed by atoms with Crippen molar-refractivity contribution in [2.24, 2.45) is 0 Å². The number of carbonyl (C=O) groups excluding carboxylic acids is 2. The lowest BCUT2D eigenvalue weighted by Gasteiger charge is -2.25. The average Bonchev–Trinajstić information content (AvgIpc) is 3.17. The SMILES string of the molecule is O=C1[C@H]2CCCCN2C(=O)N1c1ccc(Cn2cccn2)cc1. The molecular formula is C17H18N4O2. The van der Waals surface area contributed by atoms with Crippen LogP contribution in [0.1, 0.15) is 24.8 Å². The minimum Gasteiger partial charge on any atom is -0.312 e. The second-order valence-electron chi connectivity index (χ2n) is 6.03. The fourth-order valence-corrected chi connectivity index (χ4v) is 3.36. The van der Waals surface area contributed by atoms with Crippen molar-refractivity contribution >= 4 is 17.6 Å². The number of benzene rings is 1. The Morgan fingerprint density at radius 1 is 1.13 bits per heavy atom. The van der Waals surface area contributed by atoms with Gasteiger partial charge < -0.3 is 4.90 Å². The van der Waals surface area contributed by atoms with Gasteiger partial charge in [-0.05, 0) is 43.0 Å². The first-order valence-electron chi connectivity index (χ1n) is 7.95. The number of piperidine rings is 1. The van der Waals surface area contributed by atoms with E-state index >= 15 is 0 Å². The predicted octanol–water partition coefficient (Wildman–Crippen LogP) is 2.25. The van der Waals surface area contributed by atoms with Crippen LogP contribution >= 0.6 is 0 Å². The smallest absolute Gasteiger partial charge is 0.312 e. The minimum atomic E-state index is -0.264. The molecule has 2 aliphatic rings. The van der Waals surface area contributed by atoms with Crippen molar-refractivity contribution in [2.75, 3.05) is 11.4 Å². The van der Waals surface area contributed by atoms with Crippen LogP contribution in [0.15, 0.2) is 42.7 Å². The summed E-state index contributed by atoms with van der Waals surface area (Å²) < 4.78 is 1.83. The van der Waals surface area contributed by atoms with Crippen molar-refractivity contribution in [2.45, 2.75) is 31.8 Å². The summed E-state index contributed by atoms with van der Waals surface area (Å²) in [5.41, 5.74) is 1.73. The van der Waals surface area contributed by atoms with E-state index in [1.165, 1.54) is 4.90 Å². The molecule has 0 radical (unpaired) electrons. The van der Waals surface area contributed by atoms with Gasteiger partial charge in [-0.2, -0.15) is 5.10 Å². The van der Waals surface area contributed by atoms with Gasteiger partial charge in [-0.3, -0.25) is 9.48 Å². The van der Waals surface area contributed by atoms with E-state index < -0.39 is 0 Å². The van der Waals surface area contributed by atoms with Crippen molar-refractivity contribution in [1.82, 2.24) is 14.7 Å². The Kier molecular flexibility index (Phi) is 3.37. The van der Waals surface area contributed by atoms with Crippen LogP contribution in [0.3, 0.4) is 0 Å². The number of carbonyl (C=O) groups is 2. The van der Waals surface area contributed by atoms with Crippen LogP contribution in [0.25, 0.3) is 0 Å². The number of aromatic nitrogens is 2. The Labute approximate surface area is 134 Å². The highest BCUT2D eigenvalue weighted by atomic mass is 16.2. The zero-order chi connectivity index (χ0) is 15.8. The first kappa shape index (κ1) is 14.0. The highest BCUT2D eigenvalue weighted by molar-refractivity contribution is 6.21. The van der Waals surface area contributed by atoms with E-state index in [0.29, 0.717) is 18.8 Å². The molecule has 23 heavy (non-hydrogen) atoms. The van der Waals surface area contributed by atoms with E-state index in [2.05, 4.69) is 5.10 Å². The summed E-state index contributed by atoms with van der Waals surface area (Å²) in [7, 11) is 0. The Morgan fingerprint density at radius 3 is 2.65 bits per heavy atom. The average molecular weight is 310 g/mol. The molecule has 0 spiro atoms. The van der Waals surface area contributed by atoms with Gasteiger partial charge in [0.15, 0.2) is 0 Å². The zero-order valence-electron chi connectivity index (χ0n) is 12.8. The highest BCUT2D eigenvalue weighted by Gasteiger charge is 2.46. The van der Waals surface area contributed by atoms with Gasteiger partial charge in [0.05, 0.1) is 12.2 Å². The second-order valence-corrected chi connectivity index (χ2v) is 6.03. The van der Waals surface area contributed by atoms with Crippen molar-refractivity contribution < 1.29 is 9.59 Å². The van der Waals surface area contributed by atoms with E-state index in [9.17, 15) is 9.59 Å². The Morgan fingerprint density at radius 2 is 1.96 bits per heavy atom. The van der Waals surface area contributed by atoms with Crippen molar-refractivity contribution in [1.29, 1.82) is 0 Å². The lowest BCUT2D eigenvalue weighted by atomic mass is 10.0. The van der Waals surface area contributed by atoms with E-state index in [1.54, 1.807) is 11.1 Å². The molecule has 0 N–H and O–H groups in total. The Hall–Kier alpha value is -2.63. The molecule has 118 valence electrons. The number of rotatable bonds is 3. The van der Waals surface area contributed by atoms with Crippen LogP contribution in [0.4, 0.5) is 10.5 Å². The maximum atomic E-state index is 12.5. The number of anilines is 1. The van der Waals surface area contributed by atoms with Crippen molar-refractivity contribution in [3.8, 4) is 0 Å². The molecule has 3 amide bonds.